The van der Waals surface area contributed by atoms with Gasteiger partial charge in [-0.25, -0.2) is 0 Å². The lowest BCUT2D eigenvalue weighted by molar-refractivity contribution is -0.135. The number of anilines is 1. The van der Waals surface area contributed by atoms with Crippen molar-refractivity contribution in [3.8, 4) is 0 Å². The smallest absolute Gasteiger partial charge is 0.105 e. The van der Waals surface area contributed by atoms with Gasteiger partial charge in [0.25, 0.3) is 0 Å². The summed E-state index contributed by atoms with van der Waals surface area (Å²) in [5.74, 6) is 0. The first-order valence-electron chi connectivity index (χ1n) is 4.49. The summed E-state index contributed by atoms with van der Waals surface area (Å²) in [6.45, 7) is 1.86. The Balaban J connectivity index is 1.96. The van der Waals surface area contributed by atoms with Crippen LogP contribution in [0.4, 0.5) is 5.69 Å². The summed E-state index contributed by atoms with van der Waals surface area (Å²) in [4.78, 5) is 0. The van der Waals surface area contributed by atoms with Crippen LogP contribution in [0.1, 0.15) is 5.56 Å². The van der Waals surface area contributed by atoms with Gasteiger partial charge in [0.2, 0.25) is 0 Å². The maximum Gasteiger partial charge on any atom is 0.105 e. The Labute approximate surface area is 87.8 Å². The number of nitrogens with two attached hydrogens (primary N) is 1. The molecule has 0 unspecified atom stereocenters. The third kappa shape index (κ3) is 2.18. The van der Waals surface area contributed by atoms with E-state index in [0.717, 1.165) is 11.3 Å². The lowest BCUT2D eigenvalue weighted by atomic mass is 10.2. The zero-order valence-electron chi connectivity index (χ0n) is 7.70. The summed E-state index contributed by atoms with van der Waals surface area (Å²) in [6.07, 6.45) is 0.216. The normalized spacial score (nSPS) is 16.6. The lowest BCUT2D eigenvalue weighted by Gasteiger charge is -2.26. The van der Waals surface area contributed by atoms with Gasteiger partial charge in [-0.3, -0.25) is 0 Å². The van der Waals surface area contributed by atoms with E-state index < -0.39 is 0 Å². The van der Waals surface area contributed by atoms with Crippen molar-refractivity contribution < 1.29 is 9.47 Å². The molecule has 1 saturated heterocycles. The van der Waals surface area contributed by atoms with Crippen LogP contribution >= 0.6 is 11.6 Å². The van der Waals surface area contributed by atoms with Crippen molar-refractivity contribution >= 4 is 17.3 Å². The quantitative estimate of drug-likeness (QED) is 0.780. The van der Waals surface area contributed by atoms with Crippen molar-refractivity contribution in [3.05, 3.63) is 28.8 Å². The molecule has 0 saturated carbocycles. The Hall–Kier alpha value is -0.770. The molecule has 1 aliphatic heterocycles. The second-order valence-corrected chi connectivity index (χ2v) is 3.75. The molecule has 76 valence electrons. The summed E-state index contributed by atoms with van der Waals surface area (Å²) in [7, 11) is 0. The first kappa shape index (κ1) is 9.77. The molecule has 1 aliphatic rings. The Bertz CT molecular complexity index is 326. The highest BCUT2D eigenvalue weighted by Crippen LogP contribution is 2.20. The molecular formula is C10H12ClNO2. The number of ether oxygens (including phenoxy) is 2. The number of benzene rings is 1. The molecule has 1 heterocycles. The molecule has 0 atom stereocenters. The highest BCUT2D eigenvalue weighted by atomic mass is 35.5. The molecule has 0 aromatic heterocycles. The van der Waals surface area contributed by atoms with E-state index in [2.05, 4.69) is 0 Å². The minimum absolute atomic E-state index is 0.216. The Kier molecular flexibility index (Phi) is 2.91. The van der Waals surface area contributed by atoms with Crippen molar-refractivity contribution in [2.75, 3.05) is 18.9 Å². The molecule has 2 rings (SSSR count). The van der Waals surface area contributed by atoms with E-state index in [9.17, 15) is 0 Å². The van der Waals surface area contributed by atoms with Gasteiger partial charge in [-0.05, 0) is 18.2 Å². The van der Waals surface area contributed by atoms with Gasteiger partial charge < -0.3 is 15.2 Å². The molecule has 2 N–H and O–H groups in total. The van der Waals surface area contributed by atoms with E-state index in [1.165, 1.54) is 0 Å². The standard InChI is InChI=1S/C10H12ClNO2/c11-8-1-2-10(12)7(3-8)4-14-9-5-13-6-9/h1-3,9H,4-6,12H2. The lowest BCUT2D eigenvalue weighted by Crippen LogP contribution is -2.35. The second kappa shape index (κ2) is 4.17. The fraction of sp³-hybridized carbons (Fsp3) is 0.400. The minimum atomic E-state index is 0.216. The van der Waals surface area contributed by atoms with E-state index in [0.29, 0.717) is 24.8 Å². The second-order valence-electron chi connectivity index (χ2n) is 3.31. The molecule has 0 amide bonds. The molecule has 0 radical (unpaired) electrons. The molecule has 1 fully saturated rings. The van der Waals surface area contributed by atoms with E-state index in [-0.39, 0.29) is 6.10 Å². The average molecular weight is 214 g/mol. The number of hydrogen-bond acceptors (Lipinski definition) is 3. The third-order valence-corrected chi connectivity index (χ3v) is 2.42. The van der Waals surface area contributed by atoms with E-state index in [1.54, 1.807) is 12.1 Å². The summed E-state index contributed by atoms with van der Waals surface area (Å²) >= 11 is 5.84. The average Bonchev–Trinajstić information content (AvgIpc) is 2.08. The third-order valence-electron chi connectivity index (χ3n) is 2.19. The van der Waals surface area contributed by atoms with Gasteiger partial charge in [-0.15, -0.1) is 0 Å². The summed E-state index contributed by atoms with van der Waals surface area (Å²) < 4.78 is 10.5. The van der Waals surface area contributed by atoms with Crippen LogP contribution < -0.4 is 5.73 Å². The predicted octanol–water partition coefficient (Wildman–Crippen LogP) is 1.84. The van der Waals surface area contributed by atoms with Crippen molar-refractivity contribution in [1.29, 1.82) is 0 Å². The molecular weight excluding hydrogens is 202 g/mol. The van der Waals surface area contributed by atoms with Crippen LogP contribution in [0.2, 0.25) is 5.02 Å². The number of nitrogen functional groups attached to an aromatic ring is 1. The Morgan fingerprint density at radius 3 is 2.93 bits per heavy atom. The fourth-order valence-electron chi connectivity index (χ4n) is 1.22. The molecule has 0 aliphatic carbocycles. The summed E-state index contributed by atoms with van der Waals surface area (Å²) in [5.41, 5.74) is 7.42. The molecule has 0 spiro atoms. The van der Waals surface area contributed by atoms with Crippen molar-refractivity contribution in [1.82, 2.24) is 0 Å². The van der Waals surface area contributed by atoms with Gasteiger partial charge in [0.1, 0.15) is 6.10 Å². The van der Waals surface area contributed by atoms with E-state index in [4.69, 9.17) is 26.8 Å². The minimum Gasteiger partial charge on any atom is -0.398 e. The van der Waals surface area contributed by atoms with Gasteiger partial charge >= 0.3 is 0 Å². The van der Waals surface area contributed by atoms with Crippen LogP contribution in [-0.4, -0.2) is 19.3 Å². The van der Waals surface area contributed by atoms with Crippen LogP contribution in [0.25, 0.3) is 0 Å². The van der Waals surface area contributed by atoms with E-state index in [1.807, 2.05) is 6.07 Å². The molecule has 14 heavy (non-hydrogen) atoms. The molecule has 3 nitrogen and oxygen atoms in total. The van der Waals surface area contributed by atoms with Crippen molar-refractivity contribution in [2.45, 2.75) is 12.7 Å². The monoisotopic (exact) mass is 213 g/mol. The van der Waals surface area contributed by atoms with Crippen molar-refractivity contribution in [3.63, 3.8) is 0 Å². The SMILES string of the molecule is Nc1ccc(Cl)cc1COC1COC1. The Morgan fingerprint density at radius 1 is 1.50 bits per heavy atom. The van der Waals surface area contributed by atoms with Gasteiger partial charge in [0.05, 0.1) is 19.8 Å². The number of rotatable bonds is 3. The van der Waals surface area contributed by atoms with Gasteiger partial charge in [0, 0.05) is 16.3 Å². The van der Waals surface area contributed by atoms with Crippen molar-refractivity contribution in [2.24, 2.45) is 0 Å². The summed E-state index contributed by atoms with van der Waals surface area (Å²) in [5, 5.41) is 0.683. The zero-order valence-corrected chi connectivity index (χ0v) is 8.46. The molecule has 1 aromatic rings. The molecule has 0 bridgehead atoms. The first-order chi connectivity index (χ1) is 6.75. The Morgan fingerprint density at radius 2 is 2.29 bits per heavy atom. The van der Waals surface area contributed by atoms with Gasteiger partial charge in [0.15, 0.2) is 0 Å². The van der Waals surface area contributed by atoms with Gasteiger partial charge in [-0.1, -0.05) is 11.6 Å². The first-order valence-corrected chi connectivity index (χ1v) is 4.87. The number of halogens is 1. The highest BCUT2D eigenvalue weighted by Gasteiger charge is 2.18. The maximum atomic E-state index is 5.84. The van der Waals surface area contributed by atoms with Crippen LogP contribution in [0.3, 0.4) is 0 Å². The van der Waals surface area contributed by atoms with E-state index >= 15 is 0 Å². The zero-order chi connectivity index (χ0) is 9.97. The van der Waals surface area contributed by atoms with Crippen LogP contribution in [-0.2, 0) is 16.1 Å². The van der Waals surface area contributed by atoms with Gasteiger partial charge in [-0.2, -0.15) is 0 Å². The summed E-state index contributed by atoms with van der Waals surface area (Å²) in [6, 6.07) is 5.39. The predicted molar refractivity (Wildman–Crippen MR) is 55.3 cm³/mol. The van der Waals surface area contributed by atoms with Crippen LogP contribution in [0, 0.1) is 0 Å². The fourth-order valence-corrected chi connectivity index (χ4v) is 1.41. The maximum absolute atomic E-state index is 5.84. The molecule has 1 aromatic carbocycles. The van der Waals surface area contributed by atoms with Crippen LogP contribution in [0.5, 0.6) is 0 Å². The number of hydrogen-bond donors (Lipinski definition) is 1. The van der Waals surface area contributed by atoms with Crippen LogP contribution in [0.15, 0.2) is 18.2 Å². The molecule has 4 heteroatoms. The topological polar surface area (TPSA) is 44.5 Å². The largest absolute Gasteiger partial charge is 0.398 e. The highest BCUT2D eigenvalue weighted by molar-refractivity contribution is 6.30.